The summed E-state index contributed by atoms with van der Waals surface area (Å²) in [6.07, 6.45) is 5.98. The monoisotopic (exact) mass is 320 g/mol. The molecule has 0 amide bonds. The van der Waals surface area contributed by atoms with Crippen LogP contribution in [-0.2, 0) is 9.47 Å². The number of ether oxygens (including phenoxy) is 2. The van der Waals surface area contributed by atoms with Gasteiger partial charge in [-0.05, 0) is 25.3 Å². The zero-order chi connectivity index (χ0) is 15.9. The third-order valence-corrected chi connectivity index (χ3v) is 4.17. The third kappa shape index (κ3) is 4.62. The Kier molecular flexibility index (Phi) is 5.76. The van der Waals surface area contributed by atoms with Crippen LogP contribution < -0.4 is 10.2 Å². The van der Waals surface area contributed by atoms with Crippen LogP contribution in [0.25, 0.3) is 0 Å². The summed E-state index contributed by atoms with van der Waals surface area (Å²) in [5.74, 6) is 0.230. The maximum atomic E-state index is 12.1. The van der Waals surface area contributed by atoms with Crippen LogP contribution in [0.3, 0.4) is 0 Å². The van der Waals surface area contributed by atoms with E-state index in [1.165, 1.54) is 6.42 Å². The first-order valence-electron chi connectivity index (χ1n) is 8.40. The first-order valence-corrected chi connectivity index (χ1v) is 8.40. The Morgan fingerprint density at radius 2 is 2.26 bits per heavy atom. The van der Waals surface area contributed by atoms with Gasteiger partial charge < -0.3 is 19.7 Å². The van der Waals surface area contributed by atoms with Crippen molar-refractivity contribution >= 4 is 11.9 Å². The lowest BCUT2D eigenvalue weighted by atomic mass is 10.1. The van der Waals surface area contributed by atoms with Gasteiger partial charge in [-0.1, -0.05) is 0 Å². The van der Waals surface area contributed by atoms with E-state index in [2.05, 4.69) is 20.2 Å². The van der Waals surface area contributed by atoms with Crippen molar-refractivity contribution in [3.05, 3.63) is 18.0 Å². The summed E-state index contributed by atoms with van der Waals surface area (Å²) in [4.78, 5) is 22.9. The van der Waals surface area contributed by atoms with Gasteiger partial charge in [-0.15, -0.1) is 0 Å². The number of carbonyl (C=O) groups excluding carboxylic acids is 1. The topological polar surface area (TPSA) is 76.6 Å². The van der Waals surface area contributed by atoms with Crippen molar-refractivity contribution in [2.24, 2.45) is 0 Å². The molecule has 0 radical (unpaired) electrons. The molecule has 0 bridgehead atoms. The lowest BCUT2D eigenvalue weighted by Crippen LogP contribution is -2.39. The van der Waals surface area contributed by atoms with E-state index < -0.39 is 5.97 Å². The average Bonchev–Trinajstić information content (AvgIpc) is 2.63. The van der Waals surface area contributed by atoms with Gasteiger partial charge in [-0.2, -0.15) is 0 Å². The van der Waals surface area contributed by atoms with Gasteiger partial charge >= 0.3 is 5.97 Å². The van der Waals surface area contributed by atoms with Crippen LogP contribution >= 0.6 is 0 Å². The zero-order valence-corrected chi connectivity index (χ0v) is 13.4. The summed E-state index contributed by atoms with van der Waals surface area (Å²) in [7, 11) is 0. The van der Waals surface area contributed by atoms with E-state index in [1.54, 1.807) is 12.3 Å². The van der Waals surface area contributed by atoms with Gasteiger partial charge in [0.05, 0.1) is 19.3 Å². The van der Waals surface area contributed by atoms with Gasteiger partial charge in [0.15, 0.2) is 5.69 Å². The molecule has 0 saturated carbocycles. The van der Waals surface area contributed by atoms with Crippen molar-refractivity contribution in [1.82, 2.24) is 15.3 Å². The van der Waals surface area contributed by atoms with Crippen molar-refractivity contribution in [2.75, 3.05) is 44.3 Å². The number of piperidine rings is 1. The molecule has 3 rings (SSSR count). The minimum absolute atomic E-state index is 0.117. The Morgan fingerprint density at radius 1 is 1.39 bits per heavy atom. The largest absolute Gasteiger partial charge is 0.461 e. The van der Waals surface area contributed by atoms with E-state index in [1.807, 2.05) is 0 Å². The lowest BCUT2D eigenvalue weighted by molar-refractivity contribution is 0.00486. The minimum Gasteiger partial charge on any atom is -0.461 e. The number of morpholine rings is 1. The van der Waals surface area contributed by atoms with Gasteiger partial charge in [-0.3, -0.25) is 0 Å². The molecule has 2 aliphatic rings. The van der Waals surface area contributed by atoms with Gasteiger partial charge in [0, 0.05) is 38.8 Å². The normalized spacial score (nSPS) is 21.9. The SMILES string of the molecule is O=C(OCCC1CNCCO1)c1ccnc(N2CCCCC2)n1. The number of anilines is 1. The molecule has 2 fully saturated rings. The van der Waals surface area contributed by atoms with Crippen molar-refractivity contribution in [3.63, 3.8) is 0 Å². The van der Waals surface area contributed by atoms with E-state index in [0.717, 1.165) is 39.0 Å². The Morgan fingerprint density at radius 3 is 3.04 bits per heavy atom. The molecule has 1 unspecified atom stereocenters. The minimum atomic E-state index is -0.394. The Hall–Kier alpha value is -1.73. The highest BCUT2D eigenvalue weighted by atomic mass is 16.5. The molecule has 2 saturated heterocycles. The molecule has 0 aliphatic carbocycles. The summed E-state index contributed by atoms with van der Waals surface area (Å²) < 4.78 is 10.9. The summed E-state index contributed by atoms with van der Waals surface area (Å²) in [5.41, 5.74) is 0.322. The number of nitrogens with zero attached hydrogens (tertiary/aromatic N) is 3. The van der Waals surface area contributed by atoms with Crippen molar-refractivity contribution < 1.29 is 14.3 Å². The standard InChI is InChI=1S/C16H24N4O3/c21-15(23-10-5-13-12-17-7-11-22-13)14-4-6-18-16(19-14)20-8-2-1-3-9-20/h4,6,13,17H,1-3,5,7-12H2. The zero-order valence-electron chi connectivity index (χ0n) is 13.4. The van der Waals surface area contributed by atoms with Gasteiger partial charge in [-0.25, -0.2) is 14.8 Å². The fourth-order valence-electron chi connectivity index (χ4n) is 2.87. The van der Waals surface area contributed by atoms with E-state index in [9.17, 15) is 4.79 Å². The number of aromatic nitrogens is 2. The van der Waals surface area contributed by atoms with Crippen molar-refractivity contribution in [2.45, 2.75) is 31.8 Å². The molecule has 7 nitrogen and oxygen atoms in total. The van der Waals surface area contributed by atoms with E-state index in [0.29, 0.717) is 31.3 Å². The predicted molar refractivity (Wildman–Crippen MR) is 85.6 cm³/mol. The van der Waals surface area contributed by atoms with Crippen LogP contribution in [0.1, 0.15) is 36.2 Å². The molecule has 1 aromatic rings. The molecule has 126 valence electrons. The number of hydrogen-bond donors (Lipinski definition) is 1. The van der Waals surface area contributed by atoms with E-state index >= 15 is 0 Å². The molecule has 23 heavy (non-hydrogen) atoms. The predicted octanol–water partition coefficient (Wildman–Crippen LogP) is 1.00. The quantitative estimate of drug-likeness (QED) is 0.811. The van der Waals surface area contributed by atoms with Crippen LogP contribution in [0.15, 0.2) is 12.3 Å². The van der Waals surface area contributed by atoms with Crippen molar-refractivity contribution in [1.29, 1.82) is 0 Å². The highest BCUT2D eigenvalue weighted by Crippen LogP contribution is 2.15. The highest BCUT2D eigenvalue weighted by molar-refractivity contribution is 5.87. The first kappa shape index (κ1) is 16.1. The maximum Gasteiger partial charge on any atom is 0.357 e. The van der Waals surface area contributed by atoms with Crippen LogP contribution in [0.5, 0.6) is 0 Å². The molecule has 0 aromatic carbocycles. The number of rotatable bonds is 5. The second-order valence-corrected chi connectivity index (χ2v) is 5.91. The second-order valence-electron chi connectivity index (χ2n) is 5.91. The van der Waals surface area contributed by atoms with Crippen LogP contribution in [-0.4, -0.2) is 61.4 Å². The third-order valence-electron chi connectivity index (χ3n) is 4.17. The van der Waals surface area contributed by atoms with E-state index in [4.69, 9.17) is 9.47 Å². The van der Waals surface area contributed by atoms with Crippen LogP contribution in [0.2, 0.25) is 0 Å². The van der Waals surface area contributed by atoms with Gasteiger partial charge in [0.1, 0.15) is 0 Å². The molecule has 1 N–H and O–H groups in total. The first-order chi connectivity index (χ1) is 11.3. The molecule has 1 atom stereocenters. The highest BCUT2D eigenvalue weighted by Gasteiger charge is 2.18. The number of hydrogen-bond acceptors (Lipinski definition) is 7. The average molecular weight is 320 g/mol. The molecule has 3 heterocycles. The molecule has 2 aliphatic heterocycles. The molecular formula is C16H24N4O3. The van der Waals surface area contributed by atoms with Crippen molar-refractivity contribution in [3.8, 4) is 0 Å². The summed E-state index contributed by atoms with van der Waals surface area (Å²) in [6.45, 7) is 4.65. The smallest absolute Gasteiger partial charge is 0.357 e. The Balaban J connectivity index is 1.50. The van der Waals surface area contributed by atoms with Crippen LogP contribution in [0, 0.1) is 0 Å². The number of carbonyl (C=O) groups is 1. The van der Waals surface area contributed by atoms with Crippen LogP contribution in [0.4, 0.5) is 5.95 Å². The van der Waals surface area contributed by atoms with Gasteiger partial charge in [0.25, 0.3) is 0 Å². The van der Waals surface area contributed by atoms with Gasteiger partial charge in [0.2, 0.25) is 5.95 Å². The Bertz CT molecular complexity index is 514. The molecule has 0 spiro atoms. The Labute approximate surface area is 136 Å². The lowest BCUT2D eigenvalue weighted by Gasteiger charge is -2.26. The molecular weight excluding hydrogens is 296 g/mol. The summed E-state index contributed by atoms with van der Waals surface area (Å²) in [6, 6.07) is 1.61. The second kappa shape index (κ2) is 8.21. The fraction of sp³-hybridized carbons (Fsp3) is 0.688. The van der Waals surface area contributed by atoms with E-state index in [-0.39, 0.29) is 6.10 Å². The fourth-order valence-corrected chi connectivity index (χ4v) is 2.87. The number of esters is 1. The maximum absolute atomic E-state index is 12.1. The summed E-state index contributed by atoms with van der Waals surface area (Å²) >= 11 is 0. The number of nitrogens with one attached hydrogen (secondary N) is 1. The molecule has 7 heteroatoms. The summed E-state index contributed by atoms with van der Waals surface area (Å²) in [5, 5.41) is 3.26. The molecule has 1 aromatic heterocycles.